The van der Waals surface area contributed by atoms with Crippen LogP contribution in [0, 0.1) is 11.7 Å². The molecule has 2 atom stereocenters. The lowest BCUT2D eigenvalue weighted by Crippen LogP contribution is -2.33. The summed E-state index contributed by atoms with van der Waals surface area (Å²) in [7, 11) is 0. The first-order valence-electron chi connectivity index (χ1n) is 8.80. The first-order valence-corrected chi connectivity index (χ1v) is 9.18. The number of aldehydes is 1. The summed E-state index contributed by atoms with van der Waals surface area (Å²) >= 11 is 6.17. The Morgan fingerprint density at radius 2 is 1.96 bits per heavy atom. The van der Waals surface area contributed by atoms with E-state index in [4.69, 9.17) is 11.6 Å². The van der Waals surface area contributed by atoms with Crippen LogP contribution in [0.3, 0.4) is 0 Å². The fourth-order valence-corrected chi connectivity index (χ4v) is 3.41. The number of rotatable bonds is 8. The van der Waals surface area contributed by atoms with Gasteiger partial charge in [-0.15, -0.1) is 0 Å². The van der Waals surface area contributed by atoms with Crippen molar-refractivity contribution < 1.29 is 14.0 Å². The van der Waals surface area contributed by atoms with E-state index in [1.807, 2.05) is 6.92 Å². The number of ketones is 1. The van der Waals surface area contributed by atoms with Gasteiger partial charge >= 0.3 is 0 Å². The topological polar surface area (TPSA) is 46.2 Å². The maximum atomic E-state index is 15.3. The van der Waals surface area contributed by atoms with Crippen LogP contribution in [0.2, 0.25) is 5.02 Å². The zero-order valence-electron chi connectivity index (χ0n) is 14.5. The standard InChI is InChI=1S/C21H21ClFNO2/c1-13(11-12-25)24-20(14-7-8-14)16-9-10-17(22)18(19(16)23)21(26)15-5-3-2-4-6-15/h2-6,9-10,12-14,20,24H,7-8,11H2,1H3/t13-,20-/m1/s1. The van der Waals surface area contributed by atoms with Crippen LogP contribution in [-0.4, -0.2) is 18.1 Å². The van der Waals surface area contributed by atoms with Crippen LogP contribution in [0.25, 0.3) is 0 Å². The number of benzene rings is 2. The summed E-state index contributed by atoms with van der Waals surface area (Å²) in [6.07, 6.45) is 3.20. The Labute approximate surface area is 157 Å². The van der Waals surface area contributed by atoms with Crippen molar-refractivity contribution in [1.82, 2.24) is 5.32 Å². The molecule has 2 aromatic carbocycles. The Hall–Kier alpha value is -2.04. The molecule has 0 amide bonds. The van der Waals surface area contributed by atoms with E-state index < -0.39 is 11.6 Å². The smallest absolute Gasteiger partial charge is 0.197 e. The fraction of sp³-hybridized carbons (Fsp3) is 0.333. The van der Waals surface area contributed by atoms with Gasteiger partial charge in [-0.1, -0.05) is 48.0 Å². The molecule has 0 saturated heterocycles. The van der Waals surface area contributed by atoms with Crippen molar-refractivity contribution in [2.24, 2.45) is 5.92 Å². The third kappa shape index (κ3) is 4.02. The van der Waals surface area contributed by atoms with E-state index in [1.165, 1.54) is 0 Å². The average Bonchev–Trinajstić information content (AvgIpc) is 3.46. The Morgan fingerprint density at radius 3 is 2.58 bits per heavy atom. The van der Waals surface area contributed by atoms with Gasteiger partial charge in [0.2, 0.25) is 0 Å². The molecule has 26 heavy (non-hydrogen) atoms. The minimum atomic E-state index is -0.575. The molecule has 136 valence electrons. The van der Waals surface area contributed by atoms with Crippen LogP contribution in [0.5, 0.6) is 0 Å². The minimum Gasteiger partial charge on any atom is -0.307 e. The van der Waals surface area contributed by atoms with Crippen LogP contribution in [0.15, 0.2) is 42.5 Å². The van der Waals surface area contributed by atoms with Crippen LogP contribution < -0.4 is 5.32 Å². The molecule has 3 nitrogen and oxygen atoms in total. The van der Waals surface area contributed by atoms with Gasteiger partial charge in [-0.25, -0.2) is 4.39 Å². The fourth-order valence-electron chi connectivity index (χ4n) is 3.18. The lowest BCUT2D eigenvalue weighted by Gasteiger charge is -2.24. The number of hydrogen-bond acceptors (Lipinski definition) is 3. The average molecular weight is 374 g/mol. The Bertz CT molecular complexity index is 805. The van der Waals surface area contributed by atoms with Crippen LogP contribution >= 0.6 is 11.6 Å². The summed E-state index contributed by atoms with van der Waals surface area (Å²) in [6, 6.07) is 11.5. The maximum Gasteiger partial charge on any atom is 0.197 e. The number of halogens is 2. The quantitative estimate of drug-likeness (QED) is 0.537. The highest BCUT2D eigenvalue weighted by Gasteiger charge is 2.36. The van der Waals surface area contributed by atoms with Crippen molar-refractivity contribution in [2.45, 2.75) is 38.3 Å². The second-order valence-electron chi connectivity index (χ2n) is 6.81. The molecule has 0 bridgehead atoms. The van der Waals surface area contributed by atoms with Gasteiger partial charge in [0, 0.05) is 29.6 Å². The number of carbonyl (C=O) groups is 2. The number of carbonyl (C=O) groups excluding carboxylic acids is 2. The third-order valence-electron chi connectivity index (χ3n) is 4.73. The van der Waals surface area contributed by atoms with Gasteiger partial charge < -0.3 is 10.1 Å². The predicted molar refractivity (Wildman–Crippen MR) is 100 cm³/mol. The van der Waals surface area contributed by atoms with Gasteiger partial charge in [-0.2, -0.15) is 0 Å². The van der Waals surface area contributed by atoms with Gasteiger partial charge in [0.05, 0.1) is 10.6 Å². The molecule has 0 aliphatic heterocycles. The molecule has 1 saturated carbocycles. The summed E-state index contributed by atoms with van der Waals surface area (Å²) in [6.45, 7) is 1.90. The van der Waals surface area contributed by atoms with Crippen molar-refractivity contribution in [1.29, 1.82) is 0 Å². The molecule has 1 N–H and O–H groups in total. The molecule has 1 fully saturated rings. The predicted octanol–water partition coefficient (Wildman–Crippen LogP) is 4.73. The Balaban J connectivity index is 1.98. The minimum absolute atomic E-state index is 0.0681. The van der Waals surface area contributed by atoms with E-state index in [9.17, 15) is 9.59 Å². The van der Waals surface area contributed by atoms with Gasteiger partial charge in [0.1, 0.15) is 12.1 Å². The van der Waals surface area contributed by atoms with Gasteiger partial charge in [-0.05, 0) is 31.7 Å². The van der Waals surface area contributed by atoms with Crippen molar-refractivity contribution in [3.63, 3.8) is 0 Å². The first kappa shape index (κ1) is 18.7. The third-order valence-corrected chi connectivity index (χ3v) is 5.04. The molecule has 1 aliphatic rings. The van der Waals surface area contributed by atoms with Crippen molar-refractivity contribution in [3.8, 4) is 0 Å². The molecule has 0 aromatic heterocycles. The molecule has 0 heterocycles. The van der Waals surface area contributed by atoms with Gasteiger partial charge in [-0.3, -0.25) is 4.79 Å². The summed E-state index contributed by atoms with van der Waals surface area (Å²) in [5, 5.41) is 3.44. The molecule has 2 aromatic rings. The lowest BCUT2D eigenvalue weighted by atomic mass is 9.94. The SMILES string of the molecule is C[C@H](CC=O)N[C@@H](c1ccc(Cl)c(C(=O)c2ccccc2)c1F)C1CC1. The van der Waals surface area contributed by atoms with Gasteiger partial charge in [0.15, 0.2) is 5.78 Å². The molecule has 0 unspecified atom stereocenters. The molecular weight excluding hydrogens is 353 g/mol. The van der Waals surface area contributed by atoms with Crippen molar-refractivity contribution in [2.75, 3.05) is 0 Å². The zero-order chi connectivity index (χ0) is 18.7. The molecule has 0 spiro atoms. The summed E-state index contributed by atoms with van der Waals surface area (Å²) in [5.41, 5.74) is 0.746. The molecule has 3 rings (SSSR count). The monoisotopic (exact) mass is 373 g/mol. The van der Waals surface area contributed by atoms with E-state index >= 15 is 4.39 Å². The van der Waals surface area contributed by atoms with E-state index in [2.05, 4.69) is 5.32 Å². The van der Waals surface area contributed by atoms with E-state index in [0.717, 1.165) is 19.1 Å². The summed E-state index contributed by atoms with van der Waals surface area (Å²) in [4.78, 5) is 23.5. The highest BCUT2D eigenvalue weighted by atomic mass is 35.5. The highest BCUT2D eigenvalue weighted by Crippen LogP contribution is 2.43. The zero-order valence-corrected chi connectivity index (χ0v) is 15.3. The van der Waals surface area contributed by atoms with E-state index in [1.54, 1.807) is 42.5 Å². The van der Waals surface area contributed by atoms with E-state index in [-0.39, 0.29) is 22.7 Å². The number of nitrogens with one attached hydrogen (secondary N) is 1. The molecule has 0 radical (unpaired) electrons. The number of hydrogen-bond donors (Lipinski definition) is 1. The molecule has 5 heteroatoms. The molecular formula is C21H21ClFNO2. The van der Waals surface area contributed by atoms with Crippen LogP contribution in [-0.2, 0) is 4.79 Å². The van der Waals surface area contributed by atoms with Crippen molar-refractivity contribution in [3.05, 3.63) is 70.0 Å². The second-order valence-corrected chi connectivity index (χ2v) is 7.21. The summed E-state index contributed by atoms with van der Waals surface area (Å²) in [5.74, 6) is -0.695. The normalized spacial score (nSPS) is 16.1. The summed E-state index contributed by atoms with van der Waals surface area (Å²) < 4.78 is 15.3. The molecule has 1 aliphatic carbocycles. The second kappa shape index (κ2) is 8.11. The lowest BCUT2D eigenvalue weighted by molar-refractivity contribution is -0.108. The Morgan fingerprint density at radius 1 is 1.27 bits per heavy atom. The largest absolute Gasteiger partial charge is 0.307 e. The van der Waals surface area contributed by atoms with Crippen LogP contribution in [0.1, 0.15) is 53.7 Å². The first-order chi connectivity index (χ1) is 12.5. The maximum absolute atomic E-state index is 15.3. The highest BCUT2D eigenvalue weighted by molar-refractivity contribution is 6.35. The van der Waals surface area contributed by atoms with Crippen molar-refractivity contribution >= 4 is 23.7 Å². The van der Waals surface area contributed by atoms with Gasteiger partial charge in [0.25, 0.3) is 0 Å². The Kier molecular flexibility index (Phi) is 5.84. The van der Waals surface area contributed by atoms with E-state index in [0.29, 0.717) is 23.5 Å². The van der Waals surface area contributed by atoms with Crippen LogP contribution in [0.4, 0.5) is 4.39 Å².